The van der Waals surface area contributed by atoms with Gasteiger partial charge in [-0.15, -0.1) is 0 Å². The lowest BCUT2D eigenvalue weighted by Gasteiger charge is -2.22. The summed E-state index contributed by atoms with van der Waals surface area (Å²) in [7, 11) is 0. The summed E-state index contributed by atoms with van der Waals surface area (Å²) in [4.78, 5) is 10.1. The van der Waals surface area contributed by atoms with Crippen molar-refractivity contribution in [1.29, 1.82) is 0 Å². The van der Waals surface area contributed by atoms with E-state index in [9.17, 15) is 15.0 Å². The Hall–Kier alpha value is -0.730. The van der Waals surface area contributed by atoms with Crippen LogP contribution in [-0.2, 0) is 4.79 Å². The van der Waals surface area contributed by atoms with E-state index in [-0.39, 0.29) is 6.61 Å². The first-order chi connectivity index (χ1) is 14.7. The predicted molar refractivity (Wildman–Crippen MR) is 128 cm³/mol. The number of carbonyl (C=O) groups is 1. The SMILES string of the molecule is CC(C)CC(N)C(=O)O.CCCCCCCCCCCCCCC(O)C(O)C(N)CO. The molecule has 0 spiro atoms. The van der Waals surface area contributed by atoms with Crippen LogP contribution in [0.5, 0.6) is 0 Å². The van der Waals surface area contributed by atoms with Crippen LogP contribution in [0.1, 0.15) is 111 Å². The van der Waals surface area contributed by atoms with Gasteiger partial charge in [-0.3, -0.25) is 4.79 Å². The number of aliphatic hydroxyl groups is 3. The van der Waals surface area contributed by atoms with Gasteiger partial charge in [0, 0.05) is 0 Å². The summed E-state index contributed by atoms with van der Waals surface area (Å²) in [6, 6.07) is -1.43. The zero-order valence-electron chi connectivity index (χ0n) is 20.3. The molecule has 0 aliphatic rings. The minimum atomic E-state index is -1.02. The molecule has 0 bridgehead atoms. The van der Waals surface area contributed by atoms with Crippen molar-refractivity contribution in [3.05, 3.63) is 0 Å². The smallest absolute Gasteiger partial charge is 0.320 e. The van der Waals surface area contributed by atoms with Crippen molar-refractivity contribution in [3.8, 4) is 0 Å². The van der Waals surface area contributed by atoms with Gasteiger partial charge in [-0.25, -0.2) is 0 Å². The van der Waals surface area contributed by atoms with Crippen LogP contribution in [0, 0.1) is 5.92 Å². The highest BCUT2D eigenvalue weighted by molar-refractivity contribution is 5.72. The van der Waals surface area contributed by atoms with Crippen LogP contribution in [0.3, 0.4) is 0 Å². The molecular formula is C24H52N2O5. The first-order valence-electron chi connectivity index (χ1n) is 12.4. The van der Waals surface area contributed by atoms with E-state index in [1.807, 2.05) is 13.8 Å². The average Bonchev–Trinajstić information content (AvgIpc) is 2.73. The molecule has 0 saturated heterocycles. The van der Waals surface area contributed by atoms with Gasteiger partial charge in [-0.05, 0) is 18.8 Å². The van der Waals surface area contributed by atoms with Gasteiger partial charge in [-0.1, -0.05) is 97.8 Å². The highest BCUT2D eigenvalue weighted by Gasteiger charge is 2.22. The summed E-state index contributed by atoms with van der Waals surface area (Å²) in [5, 5.41) is 36.5. The third-order valence-corrected chi connectivity index (χ3v) is 5.44. The van der Waals surface area contributed by atoms with Crippen molar-refractivity contribution in [2.24, 2.45) is 17.4 Å². The summed E-state index contributed by atoms with van der Waals surface area (Å²) in [6.07, 6.45) is 14.6. The van der Waals surface area contributed by atoms with Gasteiger partial charge in [0.15, 0.2) is 0 Å². The topological polar surface area (TPSA) is 150 Å². The molecular weight excluding hydrogens is 396 g/mol. The monoisotopic (exact) mass is 448 g/mol. The van der Waals surface area contributed by atoms with E-state index in [0.717, 1.165) is 12.8 Å². The molecule has 0 heterocycles. The van der Waals surface area contributed by atoms with Gasteiger partial charge >= 0.3 is 5.97 Å². The second-order valence-electron chi connectivity index (χ2n) is 9.16. The van der Waals surface area contributed by atoms with Crippen molar-refractivity contribution in [2.45, 2.75) is 135 Å². The predicted octanol–water partition coefficient (Wildman–Crippen LogP) is 3.56. The molecule has 0 rings (SSSR count). The zero-order valence-corrected chi connectivity index (χ0v) is 20.3. The van der Waals surface area contributed by atoms with Crippen LogP contribution in [0.4, 0.5) is 0 Å². The average molecular weight is 449 g/mol. The van der Waals surface area contributed by atoms with E-state index >= 15 is 0 Å². The van der Waals surface area contributed by atoms with Crippen LogP contribution in [0.15, 0.2) is 0 Å². The molecule has 0 amide bonds. The fourth-order valence-electron chi connectivity index (χ4n) is 3.37. The van der Waals surface area contributed by atoms with Crippen LogP contribution in [0.25, 0.3) is 0 Å². The molecule has 0 aliphatic heterocycles. The number of hydrogen-bond acceptors (Lipinski definition) is 6. The summed E-state index contributed by atoms with van der Waals surface area (Å²) >= 11 is 0. The van der Waals surface area contributed by atoms with E-state index in [4.69, 9.17) is 21.7 Å². The maximum absolute atomic E-state index is 10.1. The van der Waals surface area contributed by atoms with Gasteiger partial charge in [0.05, 0.1) is 24.9 Å². The highest BCUT2D eigenvalue weighted by atomic mass is 16.4. The molecule has 0 fully saturated rings. The van der Waals surface area contributed by atoms with Crippen LogP contribution in [0.2, 0.25) is 0 Å². The number of unbranched alkanes of at least 4 members (excludes halogenated alkanes) is 11. The Bertz CT molecular complexity index is 396. The van der Waals surface area contributed by atoms with Crippen LogP contribution >= 0.6 is 0 Å². The molecule has 4 atom stereocenters. The lowest BCUT2D eigenvalue weighted by Crippen LogP contribution is -2.45. The first kappa shape index (κ1) is 32.4. The van der Waals surface area contributed by atoms with Crippen molar-refractivity contribution in [1.82, 2.24) is 0 Å². The largest absolute Gasteiger partial charge is 0.480 e. The number of carboxylic acids is 1. The number of nitrogens with two attached hydrogens (primary N) is 2. The lowest BCUT2D eigenvalue weighted by molar-refractivity contribution is -0.138. The van der Waals surface area contributed by atoms with Crippen molar-refractivity contribution >= 4 is 5.97 Å². The molecule has 0 aliphatic carbocycles. The molecule has 31 heavy (non-hydrogen) atoms. The molecule has 0 aromatic rings. The van der Waals surface area contributed by atoms with Crippen molar-refractivity contribution < 1.29 is 25.2 Å². The quantitative estimate of drug-likeness (QED) is 0.165. The van der Waals surface area contributed by atoms with Gasteiger partial charge in [0.2, 0.25) is 0 Å². The van der Waals surface area contributed by atoms with Crippen LogP contribution in [-0.4, -0.2) is 57.3 Å². The van der Waals surface area contributed by atoms with E-state index in [1.165, 1.54) is 64.2 Å². The Morgan fingerprint density at radius 3 is 1.55 bits per heavy atom. The molecule has 7 nitrogen and oxygen atoms in total. The molecule has 0 radical (unpaired) electrons. The zero-order chi connectivity index (χ0) is 24.1. The van der Waals surface area contributed by atoms with E-state index in [1.54, 1.807) is 0 Å². The maximum Gasteiger partial charge on any atom is 0.320 e. The minimum absolute atomic E-state index is 0.295. The number of aliphatic carboxylic acids is 1. The Kier molecular flexibility index (Phi) is 23.5. The molecule has 4 unspecified atom stereocenters. The van der Waals surface area contributed by atoms with E-state index < -0.39 is 30.3 Å². The number of aliphatic hydroxyl groups excluding tert-OH is 3. The van der Waals surface area contributed by atoms with Crippen molar-refractivity contribution in [3.63, 3.8) is 0 Å². The number of carboxylic acid groups (broad SMARTS) is 1. The van der Waals surface area contributed by atoms with Crippen molar-refractivity contribution in [2.75, 3.05) is 6.61 Å². The third kappa shape index (κ3) is 22.3. The number of rotatable bonds is 19. The third-order valence-electron chi connectivity index (χ3n) is 5.44. The van der Waals surface area contributed by atoms with Gasteiger partial charge in [-0.2, -0.15) is 0 Å². The number of hydrogen-bond donors (Lipinski definition) is 6. The first-order valence-corrected chi connectivity index (χ1v) is 12.4. The Balaban J connectivity index is 0. The fraction of sp³-hybridized carbons (Fsp3) is 0.958. The van der Waals surface area contributed by atoms with Gasteiger partial charge in [0.25, 0.3) is 0 Å². The summed E-state index contributed by atoms with van der Waals surface area (Å²) in [5.41, 5.74) is 10.7. The van der Waals surface area contributed by atoms with E-state index in [2.05, 4.69) is 6.92 Å². The standard InChI is InChI=1S/C18H39NO3.C6H13NO2/c1-2-3-4-5-6-7-8-9-10-11-12-13-14-17(21)18(22)16(19)15-20;1-4(2)3-5(7)6(8)9/h16-18,20-22H,2-15,19H2,1H3;4-5H,3,7H2,1-2H3,(H,8,9). The second kappa shape index (κ2) is 22.5. The highest BCUT2D eigenvalue weighted by Crippen LogP contribution is 2.14. The molecule has 8 N–H and O–H groups in total. The molecule has 0 aromatic heterocycles. The maximum atomic E-state index is 10.1. The Morgan fingerprint density at radius 1 is 0.806 bits per heavy atom. The molecule has 7 heteroatoms. The lowest BCUT2D eigenvalue weighted by atomic mass is 10.00. The molecule has 188 valence electrons. The second-order valence-corrected chi connectivity index (χ2v) is 9.16. The van der Waals surface area contributed by atoms with E-state index in [0.29, 0.717) is 18.8 Å². The molecule has 0 aromatic carbocycles. The van der Waals surface area contributed by atoms with Gasteiger partial charge < -0.3 is 31.9 Å². The normalized spacial score (nSPS) is 15.1. The summed E-state index contributed by atoms with van der Waals surface area (Å²) in [5.74, 6) is -0.556. The Morgan fingerprint density at radius 2 is 1.23 bits per heavy atom. The van der Waals surface area contributed by atoms with Crippen LogP contribution < -0.4 is 11.5 Å². The Labute approximate surface area is 190 Å². The summed E-state index contributed by atoms with van der Waals surface area (Å²) < 4.78 is 0. The van der Waals surface area contributed by atoms with Gasteiger partial charge in [0.1, 0.15) is 6.04 Å². The minimum Gasteiger partial charge on any atom is -0.480 e. The summed E-state index contributed by atoms with van der Waals surface area (Å²) in [6.45, 7) is 5.85. The molecule has 0 saturated carbocycles. The fourth-order valence-corrected chi connectivity index (χ4v) is 3.37.